The molecule has 0 bridgehead atoms. The van der Waals surface area contributed by atoms with Gasteiger partial charge in [0.25, 0.3) is 0 Å². The molecular formula is C57H67N4NaO5. The fraction of sp³-hybridized carbons (Fsp3) is 0.474. The molecule has 6 aliphatic rings. The number of hydrogen-bond donors (Lipinski definition) is 1. The first-order valence-corrected chi connectivity index (χ1v) is 25.3. The molecule has 2 fully saturated rings. The van der Waals surface area contributed by atoms with Gasteiger partial charge in [-0.2, -0.15) is 0 Å². The van der Waals surface area contributed by atoms with Crippen LogP contribution in [0.5, 0.6) is 0 Å². The van der Waals surface area contributed by atoms with E-state index in [0.717, 1.165) is 57.6 Å². The molecular weight excluding hydrogens is 844 g/mol. The molecule has 0 radical (unpaired) electrons. The molecule has 10 heteroatoms. The second kappa shape index (κ2) is 19.8. The molecule has 2 aromatic heterocycles. The van der Waals surface area contributed by atoms with Crippen molar-refractivity contribution < 1.29 is 54.5 Å². The van der Waals surface area contributed by atoms with Crippen LogP contribution in [0.1, 0.15) is 170 Å². The van der Waals surface area contributed by atoms with Crippen LogP contribution in [0.4, 0.5) is 11.4 Å². The van der Waals surface area contributed by atoms with Crippen LogP contribution in [-0.4, -0.2) is 64.9 Å². The van der Waals surface area contributed by atoms with E-state index in [1.165, 1.54) is 157 Å². The Hall–Kier alpha value is -4.54. The number of benzene rings is 4. The molecule has 12 rings (SSSR count). The molecule has 6 aromatic rings. The van der Waals surface area contributed by atoms with Gasteiger partial charge >= 0.3 is 41.5 Å². The quantitative estimate of drug-likeness (QED) is 0.131. The van der Waals surface area contributed by atoms with Gasteiger partial charge in [-0.05, 0) is 110 Å². The van der Waals surface area contributed by atoms with E-state index >= 15 is 0 Å². The average Bonchev–Trinajstić information content (AvgIpc) is 4.08. The van der Waals surface area contributed by atoms with Crippen molar-refractivity contribution in [2.75, 3.05) is 43.1 Å². The van der Waals surface area contributed by atoms with Crippen molar-refractivity contribution in [3.05, 3.63) is 106 Å². The fourth-order valence-corrected chi connectivity index (χ4v) is 13.5. The average molecular weight is 911 g/mol. The molecule has 2 saturated carbocycles. The Morgan fingerprint density at radius 1 is 0.597 bits per heavy atom. The number of esters is 1. The Bertz CT molecular complexity index is 2810. The summed E-state index contributed by atoms with van der Waals surface area (Å²) >= 11 is 0. The van der Waals surface area contributed by atoms with Crippen molar-refractivity contribution >= 4 is 45.1 Å². The summed E-state index contributed by atoms with van der Waals surface area (Å²) in [5, 5.41) is 12.3. The maximum Gasteiger partial charge on any atom is 1.00 e. The van der Waals surface area contributed by atoms with Crippen LogP contribution in [-0.2, 0) is 17.8 Å². The van der Waals surface area contributed by atoms with Gasteiger partial charge < -0.3 is 34.3 Å². The third kappa shape index (κ3) is 8.13. The number of fused-ring (bicyclic) bond motifs is 8. The maximum absolute atomic E-state index is 12.4. The summed E-state index contributed by atoms with van der Waals surface area (Å²) in [6, 6.07) is 25.9. The third-order valence-corrected chi connectivity index (χ3v) is 16.5. The van der Waals surface area contributed by atoms with Crippen LogP contribution in [0.2, 0.25) is 0 Å². The summed E-state index contributed by atoms with van der Waals surface area (Å²) in [7, 11) is 1.47. The van der Waals surface area contributed by atoms with Crippen molar-refractivity contribution in [2.45, 2.75) is 141 Å². The largest absolute Gasteiger partial charge is 1.00 e. The fourth-order valence-electron chi connectivity index (χ4n) is 13.5. The molecule has 4 aromatic carbocycles. The van der Waals surface area contributed by atoms with Gasteiger partial charge in [0.2, 0.25) is 0 Å². The molecule has 2 atom stereocenters. The zero-order valence-corrected chi connectivity index (χ0v) is 42.3. The van der Waals surface area contributed by atoms with E-state index in [-0.39, 0.29) is 41.0 Å². The Labute approximate surface area is 418 Å². The van der Waals surface area contributed by atoms with E-state index in [9.17, 15) is 14.7 Å². The number of carboxylic acid groups (broad SMARTS) is 1. The number of carboxylic acids is 1. The molecule has 346 valence electrons. The zero-order valence-electron chi connectivity index (χ0n) is 40.3. The van der Waals surface area contributed by atoms with Crippen molar-refractivity contribution in [1.82, 2.24) is 9.13 Å². The molecule has 0 amide bonds. The minimum Gasteiger partial charge on any atom is -0.870 e. The van der Waals surface area contributed by atoms with Crippen molar-refractivity contribution in [2.24, 2.45) is 0 Å². The van der Waals surface area contributed by atoms with Gasteiger partial charge in [0.05, 0.1) is 29.6 Å². The van der Waals surface area contributed by atoms with Crippen LogP contribution in [0, 0.1) is 0 Å². The SMILES string of the molecule is CCC1CN2CCCn3c(c(C4CCCCC4)c4ccc(C(=O)O)cc43)-c3cccc1c32.CCC1CN2CCCn3c(c(C4CCCCC4)c4ccc(C(=O)OC)cc43)-c3cccc1c32.[Na+].[OH-]. The molecule has 0 spiro atoms. The number of anilines is 2. The van der Waals surface area contributed by atoms with E-state index in [1.807, 2.05) is 12.1 Å². The number of carbonyl (C=O) groups is 2. The third-order valence-electron chi connectivity index (χ3n) is 16.5. The molecule has 2 aliphatic carbocycles. The van der Waals surface area contributed by atoms with Crippen LogP contribution in [0.25, 0.3) is 44.3 Å². The number of aromatic carboxylic acids is 1. The van der Waals surface area contributed by atoms with E-state index in [4.69, 9.17) is 4.74 Å². The number of ether oxygens (including phenoxy) is 1. The van der Waals surface area contributed by atoms with Crippen molar-refractivity contribution in [3.8, 4) is 22.5 Å². The molecule has 67 heavy (non-hydrogen) atoms. The van der Waals surface area contributed by atoms with Crippen molar-refractivity contribution in [3.63, 3.8) is 0 Å². The van der Waals surface area contributed by atoms with Gasteiger partial charge in [0.15, 0.2) is 0 Å². The monoisotopic (exact) mass is 911 g/mol. The normalized spacial score (nSPS) is 19.9. The Morgan fingerprint density at radius 2 is 1.04 bits per heavy atom. The predicted molar refractivity (Wildman–Crippen MR) is 266 cm³/mol. The molecule has 4 aliphatic heterocycles. The Morgan fingerprint density at radius 3 is 1.48 bits per heavy atom. The van der Waals surface area contributed by atoms with E-state index in [2.05, 4.69) is 87.4 Å². The summed E-state index contributed by atoms with van der Waals surface area (Å²) in [6.45, 7) is 11.0. The second-order valence-electron chi connectivity index (χ2n) is 20.1. The molecule has 6 heterocycles. The number of nitrogens with zero attached hydrogens (tertiary/aromatic N) is 4. The standard InChI is InChI=1S/C29H34N2O2.C28H32N2O2.Na.H2O/c1-3-19-18-30-15-8-16-31-25-17-21(29(32)33-2)13-14-23(25)26(20-9-5-4-6-10-20)28(31)24-12-7-11-22(19)27(24)30;1-2-18-17-29-14-7-15-30-24-16-20(28(31)32)12-13-22(24)25(19-8-4-3-5-9-19)27(30)23-11-6-10-21(18)26(23)29;;/h7,11-14,17,19-20H,3-6,8-10,15-16,18H2,1-2H3;6,10-13,16,18-19H,2-5,7-9,14-15,17H2,1H3,(H,31,32);;1H2/q;;+1;/p-1. The van der Waals surface area contributed by atoms with Gasteiger partial charge in [-0.3, -0.25) is 0 Å². The number of aromatic nitrogens is 2. The van der Waals surface area contributed by atoms with Gasteiger partial charge in [-0.15, -0.1) is 0 Å². The minimum atomic E-state index is -0.843. The van der Waals surface area contributed by atoms with Crippen LogP contribution in [0.3, 0.4) is 0 Å². The van der Waals surface area contributed by atoms with Gasteiger partial charge in [0, 0.05) is 95.4 Å². The summed E-state index contributed by atoms with van der Waals surface area (Å²) in [4.78, 5) is 29.5. The molecule has 2 N–H and O–H groups in total. The first-order chi connectivity index (χ1) is 31.9. The van der Waals surface area contributed by atoms with Crippen LogP contribution in [0.15, 0.2) is 72.8 Å². The molecule has 9 nitrogen and oxygen atoms in total. The van der Waals surface area contributed by atoms with E-state index < -0.39 is 5.97 Å². The van der Waals surface area contributed by atoms with Crippen LogP contribution < -0.4 is 39.4 Å². The Balaban J connectivity index is 0.000000163. The number of rotatable bonds is 6. The smallest absolute Gasteiger partial charge is 0.870 e. The molecule has 2 unspecified atom stereocenters. The molecule has 0 saturated heterocycles. The summed E-state index contributed by atoms with van der Waals surface area (Å²) in [6.07, 6.45) is 17.5. The van der Waals surface area contributed by atoms with Gasteiger partial charge in [-0.25, -0.2) is 9.59 Å². The van der Waals surface area contributed by atoms with E-state index in [0.29, 0.717) is 34.8 Å². The number of aryl methyl sites for hydroxylation is 2. The second-order valence-corrected chi connectivity index (χ2v) is 20.1. The maximum atomic E-state index is 12.4. The number of para-hydroxylation sites is 2. The Kier molecular flexibility index (Phi) is 14.1. The number of hydrogen-bond acceptors (Lipinski definition) is 6. The summed E-state index contributed by atoms with van der Waals surface area (Å²) < 4.78 is 10.1. The van der Waals surface area contributed by atoms with Crippen molar-refractivity contribution in [1.29, 1.82) is 0 Å². The minimum absolute atomic E-state index is 0. The first kappa shape index (κ1) is 47.5. The van der Waals surface area contributed by atoms with Crippen LogP contribution >= 0.6 is 0 Å². The number of carbonyl (C=O) groups excluding carboxylic acids is 1. The first-order valence-electron chi connectivity index (χ1n) is 25.3. The summed E-state index contributed by atoms with van der Waals surface area (Å²) in [5.41, 5.74) is 17.8. The van der Waals surface area contributed by atoms with Gasteiger partial charge in [-0.1, -0.05) is 101 Å². The topological polar surface area (TPSA) is 110 Å². The van der Waals surface area contributed by atoms with Gasteiger partial charge in [0.1, 0.15) is 0 Å². The van der Waals surface area contributed by atoms with E-state index in [1.54, 1.807) is 6.07 Å². The predicted octanol–water partition coefficient (Wildman–Crippen LogP) is 10.5. The number of methoxy groups -OCH3 is 1. The summed E-state index contributed by atoms with van der Waals surface area (Å²) in [5.74, 6) is 1.29. The zero-order chi connectivity index (χ0) is 44.3.